The number of carbonyl (C=O) groups is 1. The summed E-state index contributed by atoms with van der Waals surface area (Å²) in [6.45, 7) is 0. The summed E-state index contributed by atoms with van der Waals surface area (Å²) in [7, 11) is 1.37. The van der Waals surface area contributed by atoms with Crippen molar-refractivity contribution in [3.63, 3.8) is 0 Å². The van der Waals surface area contributed by atoms with Crippen LogP contribution in [-0.4, -0.2) is 19.1 Å². The van der Waals surface area contributed by atoms with Gasteiger partial charge in [0.2, 0.25) is 0 Å². The highest BCUT2D eigenvalue weighted by Gasteiger charge is 2.25. The van der Waals surface area contributed by atoms with Crippen LogP contribution in [0.1, 0.15) is 12.8 Å². The lowest BCUT2D eigenvalue weighted by Gasteiger charge is -2.15. The van der Waals surface area contributed by atoms with Gasteiger partial charge in [-0.1, -0.05) is 12.2 Å². The van der Waals surface area contributed by atoms with E-state index in [2.05, 4.69) is 4.74 Å². The Bertz CT molecular complexity index is 169. The molecule has 1 rings (SSSR count). The third-order valence-corrected chi connectivity index (χ3v) is 2.03. The standard InChI is InChI=1S/C8H13NO2/c1-11-8(10)7(9)6-4-2-3-5-6/h2-3,6-7H,4-5,9H2,1H3. The Kier molecular flexibility index (Phi) is 2.65. The lowest BCUT2D eigenvalue weighted by atomic mass is 9.98. The van der Waals surface area contributed by atoms with Gasteiger partial charge in [0.1, 0.15) is 6.04 Å². The zero-order valence-corrected chi connectivity index (χ0v) is 6.62. The molecule has 0 saturated heterocycles. The molecule has 11 heavy (non-hydrogen) atoms. The van der Waals surface area contributed by atoms with Crippen molar-refractivity contribution in [2.24, 2.45) is 11.7 Å². The summed E-state index contributed by atoms with van der Waals surface area (Å²) < 4.78 is 4.53. The molecule has 1 aliphatic rings. The molecule has 1 unspecified atom stereocenters. The Morgan fingerprint density at radius 3 is 2.64 bits per heavy atom. The van der Waals surface area contributed by atoms with Gasteiger partial charge in [-0.05, 0) is 18.8 Å². The summed E-state index contributed by atoms with van der Waals surface area (Å²) in [5.41, 5.74) is 5.62. The van der Waals surface area contributed by atoms with Crippen LogP contribution in [0.4, 0.5) is 0 Å². The number of methoxy groups -OCH3 is 1. The fourth-order valence-corrected chi connectivity index (χ4v) is 1.26. The summed E-state index contributed by atoms with van der Waals surface area (Å²) in [5.74, 6) is -0.0545. The molecule has 3 heteroatoms. The first-order chi connectivity index (χ1) is 5.25. The maximum Gasteiger partial charge on any atom is 0.322 e. The van der Waals surface area contributed by atoms with Crippen molar-refractivity contribution in [3.8, 4) is 0 Å². The maximum atomic E-state index is 10.9. The predicted molar refractivity (Wildman–Crippen MR) is 41.9 cm³/mol. The highest BCUT2D eigenvalue weighted by Crippen LogP contribution is 2.20. The van der Waals surface area contributed by atoms with Gasteiger partial charge in [0.05, 0.1) is 7.11 Å². The first kappa shape index (κ1) is 8.27. The fourth-order valence-electron chi connectivity index (χ4n) is 1.26. The van der Waals surface area contributed by atoms with Crippen molar-refractivity contribution in [1.29, 1.82) is 0 Å². The molecule has 0 bridgehead atoms. The zero-order chi connectivity index (χ0) is 8.27. The number of carbonyl (C=O) groups excluding carboxylic acids is 1. The van der Waals surface area contributed by atoms with Crippen LogP contribution in [0.25, 0.3) is 0 Å². The molecule has 0 heterocycles. The average Bonchev–Trinajstić information content (AvgIpc) is 2.53. The molecule has 0 amide bonds. The van der Waals surface area contributed by atoms with Gasteiger partial charge in [-0.3, -0.25) is 4.79 Å². The van der Waals surface area contributed by atoms with Crippen molar-refractivity contribution in [2.75, 3.05) is 7.11 Å². The number of ether oxygens (including phenoxy) is 1. The van der Waals surface area contributed by atoms with Gasteiger partial charge in [0, 0.05) is 0 Å². The Morgan fingerprint density at radius 1 is 1.64 bits per heavy atom. The monoisotopic (exact) mass is 155 g/mol. The van der Waals surface area contributed by atoms with Crippen LogP contribution in [0.15, 0.2) is 12.2 Å². The van der Waals surface area contributed by atoms with Crippen LogP contribution in [0.5, 0.6) is 0 Å². The van der Waals surface area contributed by atoms with E-state index in [0.717, 1.165) is 12.8 Å². The number of rotatable bonds is 2. The predicted octanol–water partition coefficient (Wildman–Crippen LogP) is 0.453. The Labute approximate surface area is 66.2 Å². The van der Waals surface area contributed by atoms with E-state index < -0.39 is 6.04 Å². The molecular formula is C8H13NO2. The lowest BCUT2D eigenvalue weighted by Crippen LogP contribution is -2.37. The molecule has 0 aromatic rings. The molecular weight excluding hydrogens is 142 g/mol. The average molecular weight is 155 g/mol. The molecule has 0 aliphatic heterocycles. The summed E-state index contributed by atoms with van der Waals surface area (Å²) in [6, 6.07) is -0.449. The SMILES string of the molecule is COC(=O)C(N)C1CC=CC1. The van der Waals surface area contributed by atoms with E-state index in [9.17, 15) is 4.79 Å². The number of hydrogen-bond donors (Lipinski definition) is 1. The van der Waals surface area contributed by atoms with Crippen LogP contribution in [0.2, 0.25) is 0 Å². The van der Waals surface area contributed by atoms with Crippen LogP contribution in [0, 0.1) is 5.92 Å². The van der Waals surface area contributed by atoms with E-state index in [0.29, 0.717) is 0 Å². The van der Waals surface area contributed by atoms with E-state index in [1.165, 1.54) is 7.11 Å². The van der Waals surface area contributed by atoms with Crippen molar-refractivity contribution < 1.29 is 9.53 Å². The molecule has 0 radical (unpaired) electrons. The number of esters is 1. The first-order valence-corrected chi connectivity index (χ1v) is 3.74. The fraction of sp³-hybridized carbons (Fsp3) is 0.625. The van der Waals surface area contributed by atoms with E-state index in [1.54, 1.807) is 0 Å². The van der Waals surface area contributed by atoms with Crippen molar-refractivity contribution in [3.05, 3.63) is 12.2 Å². The normalized spacial score (nSPS) is 20.2. The molecule has 0 saturated carbocycles. The van der Waals surface area contributed by atoms with Gasteiger partial charge in [0.25, 0.3) is 0 Å². The van der Waals surface area contributed by atoms with Gasteiger partial charge in [-0.25, -0.2) is 0 Å². The topological polar surface area (TPSA) is 52.3 Å². The minimum Gasteiger partial charge on any atom is -0.468 e. The Balaban J connectivity index is 2.41. The third-order valence-electron chi connectivity index (χ3n) is 2.03. The summed E-state index contributed by atoms with van der Waals surface area (Å²) in [5, 5.41) is 0. The molecule has 1 aliphatic carbocycles. The first-order valence-electron chi connectivity index (χ1n) is 3.74. The second-order valence-corrected chi connectivity index (χ2v) is 2.75. The van der Waals surface area contributed by atoms with E-state index in [4.69, 9.17) is 5.73 Å². The summed E-state index contributed by atoms with van der Waals surface area (Å²) >= 11 is 0. The van der Waals surface area contributed by atoms with E-state index in [-0.39, 0.29) is 11.9 Å². The third kappa shape index (κ3) is 1.80. The summed E-state index contributed by atoms with van der Waals surface area (Å²) in [6.07, 6.45) is 5.90. The van der Waals surface area contributed by atoms with Crippen molar-refractivity contribution in [1.82, 2.24) is 0 Å². The van der Waals surface area contributed by atoms with Gasteiger partial charge in [0.15, 0.2) is 0 Å². The minimum atomic E-state index is -0.449. The Morgan fingerprint density at radius 2 is 2.18 bits per heavy atom. The second-order valence-electron chi connectivity index (χ2n) is 2.75. The molecule has 62 valence electrons. The highest BCUT2D eigenvalue weighted by molar-refractivity contribution is 5.75. The summed E-state index contributed by atoms with van der Waals surface area (Å²) in [4.78, 5) is 10.9. The molecule has 0 aromatic heterocycles. The second kappa shape index (κ2) is 3.53. The number of nitrogens with two attached hydrogens (primary N) is 1. The largest absolute Gasteiger partial charge is 0.468 e. The quantitative estimate of drug-likeness (QED) is 0.465. The molecule has 0 fully saturated rings. The molecule has 1 atom stereocenters. The highest BCUT2D eigenvalue weighted by atomic mass is 16.5. The van der Waals surface area contributed by atoms with Gasteiger partial charge >= 0.3 is 5.97 Å². The number of allylic oxidation sites excluding steroid dienone is 2. The van der Waals surface area contributed by atoms with Crippen LogP contribution < -0.4 is 5.73 Å². The van der Waals surface area contributed by atoms with Gasteiger partial charge in [-0.2, -0.15) is 0 Å². The number of hydrogen-bond acceptors (Lipinski definition) is 3. The van der Waals surface area contributed by atoms with E-state index >= 15 is 0 Å². The minimum absolute atomic E-state index is 0.252. The molecule has 3 nitrogen and oxygen atoms in total. The molecule has 0 aromatic carbocycles. The Hall–Kier alpha value is -0.830. The molecule has 0 spiro atoms. The van der Waals surface area contributed by atoms with E-state index in [1.807, 2.05) is 12.2 Å². The van der Waals surface area contributed by atoms with Gasteiger partial charge in [-0.15, -0.1) is 0 Å². The van der Waals surface area contributed by atoms with Crippen molar-refractivity contribution >= 4 is 5.97 Å². The van der Waals surface area contributed by atoms with Crippen LogP contribution in [-0.2, 0) is 9.53 Å². The maximum absolute atomic E-state index is 10.9. The van der Waals surface area contributed by atoms with Gasteiger partial charge < -0.3 is 10.5 Å². The molecule has 2 N–H and O–H groups in total. The van der Waals surface area contributed by atoms with Crippen LogP contribution >= 0.6 is 0 Å². The van der Waals surface area contributed by atoms with Crippen molar-refractivity contribution in [2.45, 2.75) is 18.9 Å². The zero-order valence-electron chi connectivity index (χ0n) is 6.62. The smallest absolute Gasteiger partial charge is 0.322 e. The van der Waals surface area contributed by atoms with Crippen LogP contribution in [0.3, 0.4) is 0 Å². The lowest BCUT2D eigenvalue weighted by molar-refractivity contribution is -0.143.